The third-order valence-electron chi connectivity index (χ3n) is 3.92. The van der Waals surface area contributed by atoms with Crippen LogP contribution in [0.1, 0.15) is 53.4 Å². The average Bonchev–Trinajstić information content (AvgIpc) is 2.48. The summed E-state index contributed by atoms with van der Waals surface area (Å²) in [5.41, 5.74) is 0.247. The number of esters is 1. The van der Waals surface area contributed by atoms with Gasteiger partial charge < -0.3 is 9.64 Å². The minimum Gasteiger partial charge on any atom is -0.466 e. The van der Waals surface area contributed by atoms with Crippen LogP contribution in [0.15, 0.2) is 0 Å². The van der Waals surface area contributed by atoms with Gasteiger partial charge in [0.1, 0.15) is 0 Å². The van der Waals surface area contributed by atoms with E-state index in [-0.39, 0.29) is 17.3 Å². The molecule has 1 aliphatic heterocycles. The number of nitrogens with zero attached hydrogens (tertiary/aromatic N) is 1. The molecule has 1 saturated heterocycles. The van der Waals surface area contributed by atoms with E-state index in [2.05, 4.69) is 20.8 Å². The molecule has 1 unspecified atom stereocenters. The van der Waals surface area contributed by atoms with Crippen LogP contribution in [0.5, 0.6) is 0 Å². The van der Waals surface area contributed by atoms with Crippen LogP contribution in [-0.4, -0.2) is 36.5 Å². The molecule has 0 radical (unpaired) electrons. The van der Waals surface area contributed by atoms with Gasteiger partial charge in [-0.15, -0.1) is 0 Å². The summed E-state index contributed by atoms with van der Waals surface area (Å²) in [5.74, 6) is 0.534. The normalized spacial score (nSPS) is 21.2. The molecule has 1 fully saturated rings. The van der Waals surface area contributed by atoms with Crippen LogP contribution in [-0.2, 0) is 14.3 Å². The molecule has 0 N–H and O–H groups in total. The van der Waals surface area contributed by atoms with E-state index in [1.54, 1.807) is 6.92 Å². The zero-order valence-corrected chi connectivity index (χ0v) is 12.7. The van der Waals surface area contributed by atoms with Crippen LogP contribution >= 0.6 is 0 Å². The smallest absolute Gasteiger partial charge is 0.307 e. The first-order valence-corrected chi connectivity index (χ1v) is 7.28. The van der Waals surface area contributed by atoms with Gasteiger partial charge in [-0.1, -0.05) is 20.8 Å². The molecule has 1 aliphatic rings. The van der Waals surface area contributed by atoms with Crippen molar-refractivity contribution in [3.05, 3.63) is 0 Å². The van der Waals surface area contributed by atoms with E-state index in [1.807, 2.05) is 4.90 Å². The maximum absolute atomic E-state index is 12.0. The molecule has 19 heavy (non-hydrogen) atoms. The predicted molar refractivity (Wildman–Crippen MR) is 74.6 cm³/mol. The van der Waals surface area contributed by atoms with E-state index in [4.69, 9.17) is 4.74 Å². The molecular weight excluding hydrogens is 242 g/mol. The highest BCUT2D eigenvalue weighted by atomic mass is 16.5. The Hall–Kier alpha value is -1.06. The summed E-state index contributed by atoms with van der Waals surface area (Å²) in [6.45, 7) is 10.2. The molecule has 4 nitrogen and oxygen atoms in total. The Morgan fingerprint density at radius 2 is 2.05 bits per heavy atom. The van der Waals surface area contributed by atoms with E-state index in [9.17, 15) is 9.59 Å². The second-order valence-electron chi connectivity index (χ2n) is 6.33. The highest BCUT2D eigenvalue weighted by Crippen LogP contribution is 2.34. The van der Waals surface area contributed by atoms with Crippen LogP contribution < -0.4 is 0 Å². The Balaban J connectivity index is 2.48. The summed E-state index contributed by atoms with van der Waals surface area (Å²) in [4.78, 5) is 25.2. The van der Waals surface area contributed by atoms with Crippen LogP contribution in [0.25, 0.3) is 0 Å². The molecular formula is C15H27NO3. The maximum Gasteiger partial charge on any atom is 0.307 e. The zero-order valence-electron chi connectivity index (χ0n) is 12.7. The van der Waals surface area contributed by atoms with Crippen molar-refractivity contribution in [3.8, 4) is 0 Å². The standard InChI is InChI=1S/C15H27NO3/c1-5-19-14(18)9-11-16-10-8-12(15(2,3)4)6-7-13(16)17/h12H,5-11H2,1-4H3. The largest absolute Gasteiger partial charge is 0.466 e. The molecule has 0 bridgehead atoms. The molecule has 1 rings (SSSR count). The molecule has 0 aliphatic carbocycles. The van der Waals surface area contributed by atoms with Gasteiger partial charge in [0.05, 0.1) is 13.0 Å². The van der Waals surface area contributed by atoms with Gasteiger partial charge in [-0.25, -0.2) is 0 Å². The molecule has 0 spiro atoms. The van der Waals surface area contributed by atoms with Gasteiger partial charge in [0.2, 0.25) is 5.91 Å². The fraction of sp³-hybridized carbons (Fsp3) is 0.867. The van der Waals surface area contributed by atoms with Gasteiger partial charge in [0.15, 0.2) is 0 Å². The molecule has 0 aromatic rings. The van der Waals surface area contributed by atoms with Crippen LogP contribution in [0, 0.1) is 11.3 Å². The van der Waals surface area contributed by atoms with Crippen molar-refractivity contribution in [2.75, 3.05) is 19.7 Å². The van der Waals surface area contributed by atoms with Crippen LogP contribution in [0.4, 0.5) is 0 Å². The maximum atomic E-state index is 12.0. The molecule has 0 saturated carbocycles. The lowest BCUT2D eigenvalue weighted by Crippen LogP contribution is -2.33. The van der Waals surface area contributed by atoms with E-state index in [1.165, 1.54) is 0 Å². The van der Waals surface area contributed by atoms with Crippen molar-refractivity contribution in [1.82, 2.24) is 4.90 Å². The lowest BCUT2D eigenvalue weighted by atomic mass is 9.77. The Bertz CT molecular complexity index is 320. The molecule has 0 aromatic heterocycles. The Morgan fingerprint density at radius 1 is 1.37 bits per heavy atom. The van der Waals surface area contributed by atoms with E-state index in [0.29, 0.717) is 31.9 Å². The lowest BCUT2D eigenvalue weighted by molar-refractivity contribution is -0.144. The lowest BCUT2D eigenvalue weighted by Gasteiger charge is -2.29. The first-order chi connectivity index (χ1) is 8.84. The van der Waals surface area contributed by atoms with Gasteiger partial charge in [-0.05, 0) is 31.1 Å². The third-order valence-corrected chi connectivity index (χ3v) is 3.92. The van der Waals surface area contributed by atoms with Crippen molar-refractivity contribution < 1.29 is 14.3 Å². The molecule has 1 atom stereocenters. The van der Waals surface area contributed by atoms with E-state index in [0.717, 1.165) is 19.4 Å². The predicted octanol–water partition coefficient (Wildman–Crippen LogP) is 2.61. The number of hydrogen-bond donors (Lipinski definition) is 0. The van der Waals surface area contributed by atoms with E-state index >= 15 is 0 Å². The summed E-state index contributed by atoms with van der Waals surface area (Å²) in [5, 5.41) is 0. The minimum atomic E-state index is -0.216. The first-order valence-electron chi connectivity index (χ1n) is 7.28. The molecule has 0 aromatic carbocycles. The summed E-state index contributed by atoms with van der Waals surface area (Å²) in [6, 6.07) is 0. The minimum absolute atomic E-state index is 0.177. The number of rotatable bonds is 4. The summed E-state index contributed by atoms with van der Waals surface area (Å²) >= 11 is 0. The first kappa shape index (κ1) is 16.0. The number of likely N-dealkylation sites (tertiary alicyclic amines) is 1. The van der Waals surface area contributed by atoms with Gasteiger partial charge in [-0.3, -0.25) is 9.59 Å². The van der Waals surface area contributed by atoms with Gasteiger partial charge in [0, 0.05) is 19.5 Å². The Kier molecular flexibility index (Phi) is 5.83. The summed E-state index contributed by atoms with van der Waals surface area (Å²) in [6.07, 6.45) is 2.89. The van der Waals surface area contributed by atoms with E-state index < -0.39 is 0 Å². The second kappa shape index (κ2) is 6.92. The number of carbonyl (C=O) groups excluding carboxylic acids is 2. The summed E-state index contributed by atoms with van der Waals surface area (Å²) in [7, 11) is 0. The SMILES string of the molecule is CCOC(=O)CCN1CCC(C(C)(C)C)CCC1=O. The highest BCUT2D eigenvalue weighted by molar-refractivity contribution is 5.77. The Morgan fingerprint density at radius 3 is 2.63 bits per heavy atom. The van der Waals surface area contributed by atoms with Crippen molar-refractivity contribution in [1.29, 1.82) is 0 Å². The topological polar surface area (TPSA) is 46.6 Å². The molecule has 1 heterocycles. The highest BCUT2D eigenvalue weighted by Gasteiger charge is 2.29. The number of ether oxygens (including phenoxy) is 1. The fourth-order valence-corrected chi connectivity index (χ4v) is 2.60. The van der Waals surface area contributed by atoms with Crippen molar-refractivity contribution in [2.24, 2.45) is 11.3 Å². The monoisotopic (exact) mass is 269 g/mol. The van der Waals surface area contributed by atoms with Crippen molar-refractivity contribution >= 4 is 11.9 Å². The molecule has 110 valence electrons. The van der Waals surface area contributed by atoms with Crippen LogP contribution in [0.2, 0.25) is 0 Å². The quantitative estimate of drug-likeness (QED) is 0.737. The zero-order chi connectivity index (χ0) is 14.5. The van der Waals surface area contributed by atoms with Crippen molar-refractivity contribution in [2.45, 2.75) is 53.4 Å². The third kappa shape index (κ3) is 5.21. The molecule has 1 amide bonds. The number of amides is 1. The second-order valence-corrected chi connectivity index (χ2v) is 6.33. The fourth-order valence-electron chi connectivity index (χ4n) is 2.60. The van der Waals surface area contributed by atoms with Gasteiger partial charge >= 0.3 is 5.97 Å². The summed E-state index contributed by atoms with van der Waals surface area (Å²) < 4.78 is 4.90. The Labute approximate surface area is 116 Å². The van der Waals surface area contributed by atoms with Gasteiger partial charge in [0.25, 0.3) is 0 Å². The number of carbonyl (C=O) groups is 2. The van der Waals surface area contributed by atoms with Crippen LogP contribution in [0.3, 0.4) is 0 Å². The average molecular weight is 269 g/mol. The number of hydrogen-bond acceptors (Lipinski definition) is 3. The molecule has 4 heteroatoms. The van der Waals surface area contributed by atoms with Gasteiger partial charge in [-0.2, -0.15) is 0 Å². The van der Waals surface area contributed by atoms with Crippen molar-refractivity contribution in [3.63, 3.8) is 0 Å².